The first-order valence-corrected chi connectivity index (χ1v) is 7.52. The lowest BCUT2D eigenvalue weighted by molar-refractivity contribution is 0.0205. The van der Waals surface area contributed by atoms with Gasteiger partial charge in [0.15, 0.2) is 5.96 Å². The zero-order chi connectivity index (χ0) is 15.9. The predicted molar refractivity (Wildman–Crippen MR) is 88.5 cm³/mol. The molecule has 0 radical (unpaired) electrons. The van der Waals surface area contributed by atoms with Crippen LogP contribution >= 0.6 is 0 Å². The summed E-state index contributed by atoms with van der Waals surface area (Å²) in [7, 11) is 3.77. The Morgan fingerprint density at radius 3 is 2.57 bits per heavy atom. The summed E-state index contributed by atoms with van der Waals surface area (Å²) >= 11 is 0. The standard InChI is InChI=1S/C16H30N4O/c1-7-17-15(18-10-13-8-9-20(5)12-13)19-11-14(21-6)16(2,3)4/h8-9,12,14H,7,10-11H2,1-6H3,(H2,17,18,19). The van der Waals surface area contributed by atoms with E-state index in [1.165, 1.54) is 5.56 Å². The van der Waals surface area contributed by atoms with E-state index < -0.39 is 0 Å². The summed E-state index contributed by atoms with van der Waals surface area (Å²) in [6, 6.07) is 2.08. The average molecular weight is 294 g/mol. The smallest absolute Gasteiger partial charge is 0.191 e. The summed E-state index contributed by atoms with van der Waals surface area (Å²) in [5.41, 5.74) is 1.30. The molecule has 0 aromatic carbocycles. The lowest BCUT2D eigenvalue weighted by atomic mass is 9.89. The average Bonchev–Trinajstić information content (AvgIpc) is 2.80. The third-order valence-electron chi connectivity index (χ3n) is 3.36. The van der Waals surface area contributed by atoms with Crippen molar-refractivity contribution in [2.24, 2.45) is 17.5 Å². The summed E-state index contributed by atoms with van der Waals surface area (Å²) in [4.78, 5) is 4.61. The van der Waals surface area contributed by atoms with Crippen molar-refractivity contribution in [1.82, 2.24) is 15.2 Å². The molecule has 0 spiro atoms. The lowest BCUT2D eigenvalue weighted by Gasteiger charge is -2.30. The van der Waals surface area contributed by atoms with Gasteiger partial charge in [0.25, 0.3) is 0 Å². The molecule has 0 saturated heterocycles. The van der Waals surface area contributed by atoms with Crippen molar-refractivity contribution in [3.63, 3.8) is 0 Å². The van der Waals surface area contributed by atoms with Gasteiger partial charge in [0, 0.05) is 39.6 Å². The number of methoxy groups -OCH3 is 1. The van der Waals surface area contributed by atoms with E-state index in [-0.39, 0.29) is 11.5 Å². The van der Waals surface area contributed by atoms with Crippen LogP contribution in [0.4, 0.5) is 0 Å². The summed E-state index contributed by atoms with van der Waals surface area (Å²) in [5, 5.41) is 6.63. The van der Waals surface area contributed by atoms with E-state index >= 15 is 0 Å². The fourth-order valence-corrected chi connectivity index (χ4v) is 2.10. The summed E-state index contributed by atoms with van der Waals surface area (Å²) in [5.74, 6) is 0.827. The molecule has 1 aromatic rings. The van der Waals surface area contributed by atoms with E-state index in [1.807, 2.05) is 17.8 Å². The Balaban J connectivity index is 2.60. The highest BCUT2D eigenvalue weighted by atomic mass is 16.5. The Hall–Kier alpha value is -1.49. The lowest BCUT2D eigenvalue weighted by Crippen LogP contribution is -2.45. The largest absolute Gasteiger partial charge is 0.379 e. The molecular formula is C16H30N4O. The van der Waals surface area contributed by atoms with Crippen molar-refractivity contribution in [2.45, 2.75) is 40.3 Å². The van der Waals surface area contributed by atoms with Crippen LogP contribution in [0.15, 0.2) is 23.5 Å². The van der Waals surface area contributed by atoms with Crippen LogP contribution in [0, 0.1) is 5.41 Å². The first-order valence-electron chi connectivity index (χ1n) is 7.52. The molecule has 1 heterocycles. The minimum atomic E-state index is 0.0957. The number of nitrogens with one attached hydrogen (secondary N) is 2. The van der Waals surface area contributed by atoms with Crippen molar-refractivity contribution in [1.29, 1.82) is 0 Å². The zero-order valence-corrected chi connectivity index (χ0v) is 14.2. The molecule has 0 fully saturated rings. The molecule has 1 atom stereocenters. The van der Waals surface area contributed by atoms with E-state index in [0.717, 1.165) is 19.0 Å². The van der Waals surface area contributed by atoms with Gasteiger partial charge in [0.05, 0.1) is 12.6 Å². The summed E-state index contributed by atoms with van der Waals surface area (Å²) in [6.07, 6.45) is 4.25. The molecule has 0 aliphatic rings. The van der Waals surface area contributed by atoms with E-state index in [2.05, 4.69) is 55.6 Å². The Kier molecular flexibility index (Phi) is 6.75. The van der Waals surface area contributed by atoms with E-state index in [0.29, 0.717) is 6.54 Å². The molecule has 0 bridgehead atoms. The molecule has 5 heteroatoms. The predicted octanol–water partition coefficient (Wildman–Crippen LogP) is 2.14. The van der Waals surface area contributed by atoms with Gasteiger partial charge in [0.2, 0.25) is 0 Å². The van der Waals surface area contributed by atoms with E-state index in [1.54, 1.807) is 7.11 Å². The number of aryl methyl sites for hydroxylation is 1. The molecule has 1 rings (SSSR count). The number of hydrogen-bond acceptors (Lipinski definition) is 2. The Morgan fingerprint density at radius 2 is 2.10 bits per heavy atom. The highest BCUT2D eigenvalue weighted by molar-refractivity contribution is 5.79. The number of aliphatic imine (C=N–C) groups is 1. The number of guanidine groups is 1. The minimum Gasteiger partial charge on any atom is -0.379 e. The van der Waals surface area contributed by atoms with Gasteiger partial charge in [-0.25, -0.2) is 4.99 Å². The van der Waals surface area contributed by atoms with Crippen molar-refractivity contribution in [3.8, 4) is 0 Å². The second-order valence-electron chi connectivity index (χ2n) is 6.35. The second-order valence-corrected chi connectivity index (χ2v) is 6.35. The van der Waals surface area contributed by atoms with Crippen LogP contribution in [0.2, 0.25) is 0 Å². The number of nitrogens with zero attached hydrogens (tertiary/aromatic N) is 2. The van der Waals surface area contributed by atoms with Gasteiger partial charge in [-0.15, -0.1) is 0 Å². The number of hydrogen-bond donors (Lipinski definition) is 2. The molecular weight excluding hydrogens is 264 g/mol. The maximum absolute atomic E-state index is 5.56. The van der Waals surface area contributed by atoms with Gasteiger partial charge in [-0.2, -0.15) is 0 Å². The second kappa shape index (κ2) is 8.08. The molecule has 0 saturated carbocycles. The number of aromatic nitrogens is 1. The van der Waals surface area contributed by atoms with Crippen molar-refractivity contribution in [2.75, 3.05) is 20.2 Å². The molecule has 1 unspecified atom stereocenters. The van der Waals surface area contributed by atoms with Crippen LogP contribution < -0.4 is 10.6 Å². The fraction of sp³-hybridized carbons (Fsp3) is 0.688. The van der Waals surface area contributed by atoms with Crippen LogP contribution in [0.1, 0.15) is 33.3 Å². The monoisotopic (exact) mass is 294 g/mol. The number of rotatable bonds is 6. The van der Waals surface area contributed by atoms with Crippen LogP contribution in [-0.4, -0.2) is 36.8 Å². The molecule has 2 N–H and O–H groups in total. The summed E-state index contributed by atoms with van der Waals surface area (Å²) < 4.78 is 7.59. The maximum atomic E-state index is 5.56. The molecule has 0 aliphatic carbocycles. The topological polar surface area (TPSA) is 50.6 Å². The Labute approximate surface area is 128 Å². The third kappa shape index (κ3) is 6.21. The van der Waals surface area contributed by atoms with Gasteiger partial charge >= 0.3 is 0 Å². The molecule has 120 valence electrons. The zero-order valence-electron chi connectivity index (χ0n) is 14.2. The molecule has 21 heavy (non-hydrogen) atoms. The number of ether oxygens (including phenoxy) is 1. The Bertz CT molecular complexity index is 445. The van der Waals surface area contributed by atoms with Crippen molar-refractivity contribution in [3.05, 3.63) is 24.0 Å². The van der Waals surface area contributed by atoms with Gasteiger partial charge in [-0.3, -0.25) is 0 Å². The molecule has 5 nitrogen and oxygen atoms in total. The van der Waals surface area contributed by atoms with E-state index in [4.69, 9.17) is 4.74 Å². The highest BCUT2D eigenvalue weighted by Crippen LogP contribution is 2.20. The normalized spacial score (nSPS) is 14.1. The first kappa shape index (κ1) is 17.6. The van der Waals surface area contributed by atoms with Crippen molar-refractivity contribution >= 4 is 5.96 Å². The van der Waals surface area contributed by atoms with Crippen LogP contribution in [0.5, 0.6) is 0 Å². The minimum absolute atomic E-state index is 0.0957. The molecule has 0 aliphatic heterocycles. The highest BCUT2D eigenvalue weighted by Gasteiger charge is 2.24. The molecule has 0 amide bonds. The maximum Gasteiger partial charge on any atom is 0.191 e. The fourth-order valence-electron chi connectivity index (χ4n) is 2.10. The Morgan fingerprint density at radius 1 is 1.38 bits per heavy atom. The van der Waals surface area contributed by atoms with E-state index in [9.17, 15) is 0 Å². The van der Waals surface area contributed by atoms with Crippen molar-refractivity contribution < 1.29 is 4.74 Å². The third-order valence-corrected chi connectivity index (χ3v) is 3.36. The van der Waals surface area contributed by atoms with Gasteiger partial charge in [-0.1, -0.05) is 20.8 Å². The van der Waals surface area contributed by atoms with Crippen LogP contribution in [0.3, 0.4) is 0 Å². The quantitative estimate of drug-likeness (QED) is 0.624. The van der Waals surface area contributed by atoms with Gasteiger partial charge < -0.3 is 19.9 Å². The van der Waals surface area contributed by atoms with Gasteiger partial charge in [0.1, 0.15) is 0 Å². The van der Waals surface area contributed by atoms with Gasteiger partial charge in [-0.05, 0) is 24.0 Å². The van der Waals surface area contributed by atoms with Crippen LogP contribution in [-0.2, 0) is 18.3 Å². The first-order chi connectivity index (χ1) is 9.86. The summed E-state index contributed by atoms with van der Waals surface area (Å²) in [6.45, 7) is 10.8. The molecule has 1 aromatic heterocycles. The van der Waals surface area contributed by atoms with Crippen LogP contribution in [0.25, 0.3) is 0 Å². The SMILES string of the molecule is CCNC(=NCc1ccn(C)c1)NCC(OC)C(C)(C)C.